The Balaban J connectivity index is 1.81. The molecular weight excluding hydrogens is 358 g/mol. The van der Waals surface area contributed by atoms with Gasteiger partial charge in [0.05, 0.1) is 19.6 Å². The molecule has 0 radical (unpaired) electrons. The molecule has 0 saturated carbocycles. The van der Waals surface area contributed by atoms with Gasteiger partial charge in [-0.2, -0.15) is 0 Å². The molecule has 138 valence electrons. The fourth-order valence-electron chi connectivity index (χ4n) is 3.03. The van der Waals surface area contributed by atoms with Gasteiger partial charge in [-0.3, -0.25) is 4.79 Å². The van der Waals surface area contributed by atoms with E-state index in [9.17, 15) is 4.79 Å². The number of hydrogen-bond acceptors (Lipinski definition) is 2. The molecule has 0 aromatic heterocycles. The van der Waals surface area contributed by atoms with Gasteiger partial charge in [-0.05, 0) is 47.4 Å². The van der Waals surface area contributed by atoms with Crippen LogP contribution < -0.4 is 10.1 Å². The second-order valence-corrected chi connectivity index (χ2v) is 6.88. The Labute approximate surface area is 164 Å². The maximum Gasteiger partial charge on any atom is 0.225 e. The monoisotopic (exact) mass is 379 g/mol. The molecule has 1 N–H and O–H groups in total. The molecule has 0 heterocycles. The van der Waals surface area contributed by atoms with Crippen LogP contribution in [-0.4, -0.2) is 13.0 Å². The molecule has 3 nitrogen and oxygen atoms in total. The lowest BCUT2D eigenvalue weighted by Gasteiger charge is -2.20. The third-order valence-electron chi connectivity index (χ3n) is 4.48. The van der Waals surface area contributed by atoms with E-state index in [4.69, 9.17) is 16.3 Å². The van der Waals surface area contributed by atoms with Crippen LogP contribution in [0.15, 0.2) is 72.8 Å². The van der Waals surface area contributed by atoms with Crippen molar-refractivity contribution < 1.29 is 9.53 Å². The lowest BCUT2D eigenvalue weighted by Crippen LogP contribution is -2.30. The second-order valence-electron chi connectivity index (χ2n) is 6.44. The van der Waals surface area contributed by atoms with E-state index in [0.717, 1.165) is 28.0 Å². The van der Waals surface area contributed by atoms with Crippen LogP contribution in [0.25, 0.3) is 0 Å². The summed E-state index contributed by atoms with van der Waals surface area (Å²) in [4.78, 5) is 12.7. The number of rotatable bonds is 6. The molecule has 0 bridgehead atoms. The largest absolute Gasteiger partial charge is 0.496 e. The number of aryl methyl sites for hydroxylation is 1. The first kappa shape index (κ1) is 19.0. The maximum atomic E-state index is 12.7. The maximum absolute atomic E-state index is 12.7. The number of ether oxygens (including phenoxy) is 1. The lowest BCUT2D eigenvalue weighted by atomic mass is 9.98. The zero-order chi connectivity index (χ0) is 19.2. The standard InChI is InChI=1S/C23H22ClNO2/c1-16-8-9-17(14-21(16)27-2)15-22(26)25-23(18-6-4-3-5-7-18)19-10-12-20(24)13-11-19/h3-14,23H,15H2,1-2H3,(H,25,26)/t23-/m0/s1. The number of methoxy groups -OCH3 is 1. The number of amides is 1. The lowest BCUT2D eigenvalue weighted by molar-refractivity contribution is -0.120. The highest BCUT2D eigenvalue weighted by Gasteiger charge is 2.17. The van der Waals surface area contributed by atoms with Gasteiger partial charge in [0.1, 0.15) is 5.75 Å². The van der Waals surface area contributed by atoms with Crippen LogP contribution in [0.1, 0.15) is 28.3 Å². The molecule has 0 unspecified atom stereocenters. The van der Waals surface area contributed by atoms with E-state index in [1.807, 2.05) is 79.7 Å². The van der Waals surface area contributed by atoms with Gasteiger partial charge in [0, 0.05) is 5.02 Å². The Hall–Kier alpha value is -2.78. The number of carbonyl (C=O) groups is 1. The molecule has 0 aliphatic carbocycles. The van der Waals surface area contributed by atoms with E-state index in [1.165, 1.54) is 0 Å². The molecule has 3 rings (SSSR count). The van der Waals surface area contributed by atoms with Crippen molar-refractivity contribution in [1.29, 1.82) is 0 Å². The quantitative estimate of drug-likeness (QED) is 0.646. The topological polar surface area (TPSA) is 38.3 Å². The third-order valence-corrected chi connectivity index (χ3v) is 4.73. The number of halogens is 1. The minimum Gasteiger partial charge on any atom is -0.496 e. The van der Waals surface area contributed by atoms with Crippen molar-refractivity contribution in [2.45, 2.75) is 19.4 Å². The Morgan fingerprint density at radius 2 is 1.67 bits per heavy atom. The van der Waals surface area contributed by atoms with E-state index in [1.54, 1.807) is 7.11 Å². The summed E-state index contributed by atoms with van der Waals surface area (Å²) in [5.74, 6) is 0.738. The van der Waals surface area contributed by atoms with Gasteiger partial charge in [0.15, 0.2) is 0 Å². The SMILES string of the molecule is COc1cc(CC(=O)N[C@@H](c2ccccc2)c2ccc(Cl)cc2)ccc1C. The van der Waals surface area contributed by atoms with E-state index >= 15 is 0 Å². The van der Waals surface area contributed by atoms with Gasteiger partial charge in [-0.1, -0.05) is 66.2 Å². The molecular formula is C23H22ClNO2. The van der Waals surface area contributed by atoms with E-state index in [0.29, 0.717) is 5.02 Å². The molecule has 3 aromatic rings. The van der Waals surface area contributed by atoms with Crippen LogP contribution in [0, 0.1) is 6.92 Å². The molecule has 0 saturated heterocycles. The molecule has 4 heteroatoms. The highest BCUT2D eigenvalue weighted by molar-refractivity contribution is 6.30. The van der Waals surface area contributed by atoms with Crippen molar-refractivity contribution in [2.24, 2.45) is 0 Å². The molecule has 0 aliphatic rings. The normalized spacial score (nSPS) is 11.7. The molecule has 0 fully saturated rings. The van der Waals surface area contributed by atoms with Crippen molar-refractivity contribution in [3.05, 3.63) is 100 Å². The van der Waals surface area contributed by atoms with Crippen LogP contribution in [0.5, 0.6) is 5.75 Å². The third kappa shape index (κ3) is 4.89. The fraction of sp³-hybridized carbons (Fsp3) is 0.174. The first-order chi connectivity index (χ1) is 13.1. The molecule has 27 heavy (non-hydrogen) atoms. The predicted octanol–water partition coefficient (Wildman–Crippen LogP) is 5.11. The van der Waals surface area contributed by atoms with Gasteiger partial charge in [0.2, 0.25) is 5.91 Å². The average molecular weight is 380 g/mol. The first-order valence-electron chi connectivity index (χ1n) is 8.80. The van der Waals surface area contributed by atoms with Crippen molar-refractivity contribution in [3.8, 4) is 5.75 Å². The van der Waals surface area contributed by atoms with E-state index < -0.39 is 0 Å². The molecule has 3 aromatic carbocycles. The van der Waals surface area contributed by atoms with Gasteiger partial charge in [-0.15, -0.1) is 0 Å². The van der Waals surface area contributed by atoms with Crippen molar-refractivity contribution in [3.63, 3.8) is 0 Å². The number of benzene rings is 3. The smallest absolute Gasteiger partial charge is 0.225 e. The van der Waals surface area contributed by atoms with Crippen LogP contribution in [-0.2, 0) is 11.2 Å². The zero-order valence-electron chi connectivity index (χ0n) is 15.4. The average Bonchev–Trinajstić information content (AvgIpc) is 2.69. The van der Waals surface area contributed by atoms with Gasteiger partial charge < -0.3 is 10.1 Å². The fourth-order valence-corrected chi connectivity index (χ4v) is 3.16. The summed E-state index contributed by atoms with van der Waals surface area (Å²) >= 11 is 6.02. The molecule has 0 spiro atoms. The van der Waals surface area contributed by atoms with Crippen molar-refractivity contribution in [1.82, 2.24) is 5.32 Å². The first-order valence-corrected chi connectivity index (χ1v) is 9.18. The zero-order valence-corrected chi connectivity index (χ0v) is 16.2. The van der Waals surface area contributed by atoms with Crippen LogP contribution in [0.3, 0.4) is 0 Å². The second kappa shape index (κ2) is 8.74. The van der Waals surface area contributed by atoms with Crippen LogP contribution >= 0.6 is 11.6 Å². The van der Waals surface area contributed by atoms with E-state index in [2.05, 4.69) is 5.32 Å². The van der Waals surface area contributed by atoms with Crippen LogP contribution in [0.2, 0.25) is 5.02 Å². The van der Waals surface area contributed by atoms with E-state index in [-0.39, 0.29) is 18.4 Å². The predicted molar refractivity (Wildman–Crippen MR) is 109 cm³/mol. The molecule has 1 atom stereocenters. The summed E-state index contributed by atoms with van der Waals surface area (Å²) in [6.45, 7) is 1.98. The van der Waals surface area contributed by atoms with Crippen LogP contribution in [0.4, 0.5) is 0 Å². The Morgan fingerprint density at radius 3 is 2.33 bits per heavy atom. The van der Waals surface area contributed by atoms with Gasteiger partial charge >= 0.3 is 0 Å². The number of nitrogens with one attached hydrogen (secondary N) is 1. The number of hydrogen-bond donors (Lipinski definition) is 1. The summed E-state index contributed by atoms with van der Waals surface area (Å²) in [5, 5.41) is 3.82. The Kier molecular flexibility index (Phi) is 6.15. The Bertz CT molecular complexity index is 907. The van der Waals surface area contributed by atoms with Crippen molar-refractivity contribution >= 4 is 17.5 Å². The highest BCUT2D eigenvalue weighted by atomic mass is 35.5. The van der Waals surface area contributed by atoms with Gasteiger partial charge in [0.25, 0.3) is 0 Å². The summed E-state index contributed by atoms with van der Waals surface area (Å²) < 4.78 is 5.35. The summed E-state index contributed by atoms with van der Waals surface area (Å²) in [6, 6.07) is 23.1. The summed E-state index contributed by atoms with van der Waals surface area (Å²) in [6.07, 6.45) is 0.285. The van der Waals surface area contributed by atoms with Gasteiger partial charge in [-0.25, -0.2) is 0 Å². The minimum absolute atomic E-state index is 0.0512. The summed E-state index contributed by atoms with van der Waals surface area (Å²) in [7, 11) is 1.64. The van der Waals surface area contributed by atoms with Crippen molar-refractivity contribution in [2.75, 3.05) is 7.11 Å². The number of carbonyl (C=O) groups excluding carboxylic acids is 1. The Morgan fingerprint density at radius 1 is 1.00 bits per heavy atom. The minimum atomic E-state index is -0.233. The molecule has 0 aliphatic heterocycles. The highest BCUT2D eigenvalue weighted by Crippen LogP contribution is 2.24. The molecule has 1 amide bonds. The summed E-state index contributed by atoms with van der Waals surface area (Å²) in [5.41, 5.74) is 3.97.